The first-order chi connectivity index (χ1) is 14.1. The summed E-state index contributed by atoms with van der Waals surface area (Å²) in [6.07, 6.45) is 0. The summed E-state index contributed by atoms with van der Waals surface area (Å²) in [5.41, 5.74) is 2.68. The molecule has 0 radical (unpaired) electrons. The van der Waals surface area contributed by atoms with E-state index in [1.807, 2.05) is 65.6 Å². The number of esters is 1. The second-order valence-corrected chi connectivity index (χ2v) is 7.14. The van der Waals surface area contributed by atoms with Crippen molar-refractivity contribution in [2.24, 2.45) is 0 Å². The first-order valence-electron chi connectivity index (χ1n) is 9.35. The molecule has 0 bridgehead atoms. The maximum Gasteiger partial charge on any atom is 0.320 e. The van der Waals surface area contributed by atoms with E-state index in [4.69, 9.17) is 16.3 Å². The Balaban J connectivity index is 1.59. The number of ether oxygens (including phenoxy) is 1. The topological polar surface area (TPSA) is 46.6 Å². The molecule has 3 aromatic rings. The highest BCUT2D eigenvalue weighted by molar-refractivity contribution is 6.30. The van der Waals surface area contributed by atoms with Crippen LogP contribution in [0.1, 0.15) is 21.5 Å². The number of hydrogen-bond donors (Lipinski definition) is 0. The van der Waals surface area contributed by atoms with Gasteiger partial charge in [-0.25, -0.2) is 0 Å². The smallest absolute Gasteiger partial charge is 0.320 e. The molecule has 0 unspecified atom stereocenters. The number of Topliss-reactive ketones (excluding diaryl/α,β-unsaturated/α-hetero) is 1. The molecular formula is C24H22ClNO3. The molecule has 148 valence electrons. The highest BCUT2D eigenvalue weighted by atomic mass is 35.5. The summed E-state index contributed by atoms with van der Waals surface area (Å²) in [4.78, 5) is 26.6. The van der Waals surface area contributed by atoms with Crippen LogP contribution in [0.15, 0.2) is 84.9 Å². The first kappa shape index (κ1) is 20.8. The van der Waals surface area contributed by atoms with Crippen LogP contribution >= 0.6 is 11.6 Å². The third kappa shape index (κ3) is 6.86. The molecule has 0 heterocycles. The first-order valence-corrected chi connectivity index (χ1v) is 9.72. The summed E-state index contributed by atoms with van der Waals surface area (Å²) >= 11 is 5.83. The van der Waals surface area contributed by atoms with Gasteiger partial charge >= 0.3 is 5.97 Å². The van der Waals surface area contributed by atoms with Crippen molar-refractivity contribution >= 4 is 23.4 Å². The van der Waals surface area contributed by atoms with Crippen LogP contribution in [0.25, 0.3) is 0 Å². The van der Waals surface area contributed by atoms with Crippen molar-refractivity contribution in [1.82, 2.24) is 4.90 Å². The van der Waals surface area contributed by atoms with Crippen LogP contribution in [-0.4, -0.2) is 29.8 Å². The Morgan fingerprint density at radius 2 is 1.28 bits per heavy atom. The van der Waals surface area contributed by atoms with Gasteiger partial charge in [0.15, 0.2) is 12.4 Å². The summed E-state index contributed by atoms with van der Waals surface area (Å²) in [7, 11) is 0. The molecule has 0 aliphatic heterocycles. The molecule has 0 N–H and O–H groups in total. The standard InChI is InChI=1S/C24H22ClNO3/c25-22-13-11-21(12-14-22)23(27)18-29-24(28)17-26(15-19-7-3-1-4-8-19)16-20-9-5-2-6-10-20/h1-14H,15-18H2. The van der Waals surface area contributed by atoms with Gasteiger partial charge in [0.05, 0.1) is 6.54 Å². The van der Waals surface area contributed by atoms with Crippen molar-refractivity contribution in [2.45, 2.75) is 13.1 Å². The van der Waals surface area contributed by atoms with Crippen LogP contribution in [0.5, 0.6) is 0 Å². The summed E-state index contributed by atoms with van der Waals surface area (Å²) in [5, 5.41) is 0.552. The van der Waals surface area contributed by atoms with Crippen molar-refractivity contribution < 1.29 is 14.3 Å². The lowest BCUT2D eigenvalue weighted by Gasteiger charge is -2.21. The number of carbonyl (C=O) groups is 2. The second kappa shape index (κ2) is 10.6. The zero-order valence-corrected chi connectivity index (χ0v) is 16.7. The number of halogens is 1. The van der Waals surface area contributed by atoms with Gasteiger partial charge in [0.1, 0.15) is 0 Å². The molecule has 0 saturated carbocycles. The summed E-state index contributed by atoms with van der Waals surface area (Å²) in [6.45, 7) is 1.02. The van der Waals surface area contributed by atoms with E-state index in [0.717, 1.165) is 11.1 Å². The van der Waals surface area contributed by atoms with Gasteiger partial charge in [0.2, 0.25) is 0 Å². The molecule has 0 atom stereocenters. The third-order valence-corrected chi connectivity index (χ3v) is 4.63. The highest BCUT2D eigenvalue weighted by Crippen LogP contribution is 2.12. The number of ketones is 1. The lowest BCUT2D eigenvalue weighted by Crippen LogP contribution is -2.31. The molecule has 3 rings (SSSR count). The fraction of sp³-hybridized carbons (Fsp3) is 0.167. The molecule has 0 aliphatic rings. The predicted octanol–water partition coefficient (Wildman–Crippen LogP) is 4.77. The van der Waals surface area contributed by atoms with Gasteiger partial charge in [-0.15, -0.1) is 0 Å². The van der Waals surface area contributed by atoms with Crippen LogP contribution < -0.4 is 0 Å². The monoisotopic (exact) mass is 407 g/mol. The number of benzene rings is 3. The molecule has 0 aromatic heterocycles. The molecule has 0 fully saturated rings. The minimum atomic E-state index is -0.431. The SMILES string of the molecule is O=C(CN(Cc1ccccc1)Cc1ccccc1)OCC(=O)c1ccc(Cl)cc1. The van der Waals surface area contributed by atoms with Crippen molar-refractivity contribution in [3.05, 3.63) is 107 Å². The Hall–Kier alpha value is -2.95. The molecule has 0 spiro atoms. The minimum absolute atomic E-state index is 0.0949. The maximum atomic E-state index is 12.4. The highest BCUT2D eigenvalue weighted by Gasteiger charge is 2.15. The molecular weight excluding hydrogens is 386 g/mol. The fourth-order valence-corrected chi connectivity index (χ4v) is 3.07. The van der Waals surface area contributed by atoms with E-state index in [-0.39, 0.29) is 18.9 Å². The molecule has 3 aromatic carbocycles. The normalized spacial score (nSPS) is 10.7. The van der Waals surface area contributed by atoms with E-state index in [1.54, 1.807) is 24.3 Å². The number of rotatable bonds is 9. The van der Waals surface area contributed by atoms with E-state index in [9.17, 15) is 9.59 Å². The lowest BCUT2D eigenvalue weighted by atomic mass is 10.1. The van der Waals surface area contributed by atoms with Crippen molar-refractivity contribution in [1.29, 1.82) is 0 Å². The third-order valence-electron chi connectivity index (χ3n) is 4.38. The summed E-state index contributed by atoms with van der Waals surface area (Å²) in [6, 6.07) is 26.4. The number of hydrogen-bond acceptors (Lipinski definition) is 4. The van der Waals surface area contributed by atoms with Gasteiger partial charge in [-0.05, 0) is 35.4 Å². The fourth-order valence-electron chi connectivity index (χ4n) is 2.94. The average molecular weight is 408 g/mol. The van der Waals surface area contributed by atoms with Crippen molar-refractivity contribution in [3.8, 4) is 0 Å². The van der Waals surface area contributed by atoms with Crippen molar-refractivity contribution in [2.75, 3.05) is 13.2 Å². The quantitative estimate of drug-likeness (QED) is 0.378. The van der Waals surface area contributed by atoms with E-state index < -0.39 is 5.97 Å². The van der Waals surface area contributed by atoms with Crippen LogP contribution in [0.4, 0.5) is 0 Å². The van der Waals surface area contributed by atoms with Gasteiger partial charge in [0, 0.05) is 23.7 Å². The van der Waals surface area contributed by atoms with Gasteiger partial charge in [-0.1, -0.05) is 72.3 Å². The number of nitrogens with zero attached hydrogens (tertiary/aromatic N) is 1. The molecule has 0 saturated heterocycles. The van der Waals surface area contributed by atoms with Gasteiger partial charge < -0.3 is 4.74 Å². The van der Waals surface area contributed by atoms with E-state index in [1.165, 1.54) is 0 Å². The summed E-state index contributed by atoms with van der Waals surface area (Å²) in [5.74, 6) is -0.688. The van der Waals surface area contributed by atoms with Crippen LogP contribution in [0.3, 0.4) is 0 Å². The lowest BCUT2D eigenvalue weighted by molar-refractivity contribution is -0.144. The predicted molar refractivity (Wildman–Crippen MR) is 114 cm³/mol. The zero-order valence-electron chi connectivity index (χ0n) is 16.0. The largest absolute Gasteiger partial charge is 0.456 e. The van der Waals surface area contributed by atoms with Gasteiger partial charge in [-0.2, -0.15) is 0 Å². The molecule has 5 heteroatoms. The van der Waals surface area contributed by atoms with Crippen LogP contribution in [-0.2, 0) is 22.6 Å². The van der Waals surface area contributed by atoms with Crippen molar-refractivity contribution in [3.63, 3.8) is 0 Å². The van der Waals surface area contributed by atoms with E-state index in [0.29, 0.717) is 23.7 Å². The average Bonchev–Trinajstić information content (AvgIpc) is 2.74. The number of carbonyl (C=O) groups excluding carboxylic acids is 2. The Morgan fingerprint density at radius 3 is 1.79 bits per heavy atom. The second-order valence-electron chi connectivity index (χ2n) is 6.71. The van der Waals surface area contributed by atoms with Gasteiger partial charge in [-0.3, -0.25) is 14.5 Å². The van der Waals surface area contributed by atoms with Crippen LogP contribution in [0.2, 0.25) is 5.02 Å². The summed E-state index contributed by atoms with van der Waals surface area (Å²) < 4.78 is 5.23. The van der Waals surface area contributed by atoms with E-state index in [2.05, 4.69) is 0 Å². The minimum Gasteiger partial charge on any atom is -0.456 e. The van der Waals surface area contributed by atoms with Gasteiger partial charge in [0.25, 0.3) is 0 Å². The molecule has 29 heavy (non-hydrogen) atoms. The zero-order chi connectivity index (χ0) is 20.5. The Morgan fingerprint density at radius 1 is 0.759 bits per heavy atom. The Labute approximate surface area is 175 Å². The maximum absolute atomic E-state index is 12.4. The Bertz CT molecular complexity index is 886. The molecule has 0 aliphatic carbocycles. The van der Waals surface area contributed by atoms with E-state index >= 15 is 0 Å². The Kier molecular flexibility index (Phi) is 7.56. The molecule has 4 nitrogen and oxygen atoms in total. The molecule has 0 amide bonds. The van der Waals surface area contributed by atoms with Crippen LogP contribution in [0, 0.1) is 0 Å².